The zero-order chi connectivity index (χ0) is 16.8. The fourth-order valence-corrected chi connectivity index (χ4v) is 2.47. The van der Waals surface area contributed by atoms with Gasteiger partial charge in [0.1, 0.15) is 12.3 Å². The molecule has 0 unspecified atom stereocenters. The lowest BCUT2D eigenvalue weighted by Gasteiger charge is -2.12. The Morgan fingerprint density at radius 3 is 2.75 bits per heavy atom. The summed E-state index contributed by atoms with van der Waals surface area (Å²) in [6.45, 7) is 0.125. The van der Waals surface area contributed by atoms with E-state index in [-0.39, 0.29) is 12.5 Å². The van der Waals surface area contributed by atoms with Crippen molar-refractivity contribution in [2.45, 2.75) is 13.0 Å². The van der Waals surface area contributed by atoms with Crippen LogP contribution in [-0.2, 0) is 17.8 Å². The molecule has 0 aliphatic rings. The maximum atomic E-state index is 12.1. The highest BCUT2D eigenvalue weighted by atomic mass is 16.5. The van der Waals surface area contributed by atoms with E-state index in [0.29, 0.717) is 0 Å². The number of methoxy groups -OCH3 is 1. The Kier molecular flexibility index (Phi) is 4.86. The van der Waals surface area contributed by atoms with Gasteiger partial charge in [0.25, 0.3) is 0 Å². The van der Waals surface area contributed by atoms with Crippen LogP contribution >= 0.6 is 0 Å². The number of carbonyl (C=O) groups is 1. The van der Waals surface area contributed by atoms with Gasteiger partial charge in [0, 0.05) is 23.9 Å². The Morgan fingerprint density at radius 2 is 2.04 bits per heavy atom. The highest BCUT2D eigenvalue weighted by molar-refractivity contribution is 5.90. The second kappa shape index (κ2) is 7.41. The van der Waals surface area contributed by atoms with Crippen molar-refractivity contribution >= 4 is 11.6 Å². The molecule has 1 heterocycles. The van der Waals surface area contributed by atoms with Gasteiger partial charge in [-0.1, -0.05) is 35.5 Å². The molecule has 6 heteroatoms. The van der Waals surface area contributed by atoms with Crippen LogP contribution in [0.25, 0.3) is 0 Å². The van der Waals surface area contributed by atoms with Crippen LogP contribution < -0.4 is 10.1 Å². The molecule has 0 bridgehead atoms. The zero-order valence-corrected chi connectivity index (χ0v) is 13.3. The molecule has 2 aromatic carbocycles. The van der Waals surface area contributed by atoms with Crippen LogP contribution in [0.4, 0.5) is 5.69 Å². The summed E-state index contributed by atoms with van der Waals surface area (Å²) >= 11 is 0. The fourth-order valence-electron chi connectivity index (χ4n) is 2.47. The minimum atomic E-state index is -0.156. The number of hydrogen-bond acceptors (Lipinski definition) is 4. The summed E-state index contributed by atoms with van der Waals surface area (Å²) in [5, 5.41) is 10.3. The van der Waals surface area contributed by atoms with Crippen LogP contribution in [0.15, 0.2) is 60.9 Å². The van der Waals surface area contributed by atoms with Crippen LogP contribution in [0, 0.1) is 0 Å². The van der Waals surface area contributed by atoms with Gasteiger partial charge < -0.3 is 10.1 Å². The van der Waals surface area contributed by atoms with Crippen molar-refractivity contribution in [2.75, 3.05) is 12.4 Å². The molecule has 1 N–H and O–H groups in total. The minimum Gasteiger partial charge on any atom is -0.496 e. The van der Waals surface area contributed by atoms with Gasteiger partial charge in [-0.25, -0.2) is 4.68 Å². The molecular weight excluding hydrogens is 304 g/mol. The average molecular weight is 322 g/mol. The number of rotatable bonds is 6. The van der Waals surface area contributed by atoms with Crippen molar-refractivity contribution in [1.82, 2.24) is 15.0 Å². The van der Waals surface area contributed by atoms with Crippen molar-refractivity contribution in [3.05, 3.63) is 72.1 Å². The molecule has 0 radical (unpaired) electrons. The van der Waals surface area contributed by atoms with Crippen LogP contribution in [-0.4, -0.2) is 28.0 Å². The molecule has 122 valence electrons. The molecule has 3 rings (SSSR count). The molecule has 0 fully saturated rings. The van der Waals surface area contributed by atoms with Gasteiger partial charge in [-0.15, -0.1) is 5.10 Å². The van der Waals surface area contributed by atoms with Crippen LogP contribution in [0.2, 0.25) is 0 Å². The molecule has 0 spiro atoms. The van der Waals surface area contributed by atoms with Crippen molar-refractivity contribution < 1.29 is 9.53 Å². The molecule has 3 aromatic rings. The number of aromatic nitrogens is 3. The zero-order valence-electron chi connectivity index (χ0n) is 13.3. The molecule has 0 atom stereocenters. The van der Waals surface area contributed by atoms with E-state index < -0.39 is 0 Å². The Morgan fingerprint density at radius 1 is 1.21 bits per heavy atom. The topological polar surface area (TPSA) is 69.0 Å². The molecule has 1 amide bonds. The highest BCUT2D eigenvalue weighted by Gasteiger charge is 2.09. The number of amides is 1. The highest BCUT2D eigenvalue weighted by Crippen LogP contribution is 2.25. The molecule has 0 aliphatic carbocycles. The van der Waals surface area contributed by atoms with Gasteiger partial charge in [-0.3, -0.25) is 4.79 Å². The summed E-state index contributed by atoms with van der Waals surface area (Å²) in [5.41, 5.74) is 2.93. The molecular formula is C18H18N4O2. The molecule has 0 saturated carbocycles. The molecule has 1 aromatic heterocycles. The number of benzene rings is 2. The fraction of sp³-hybridized carbons (Fsp3) is 0.167. The van der Waals surface area contributed by atoms with Gasteiger partial charge >= 0.3 is 0 Å². The molecule has 0 aliphatic heterocycles. The van der Waals surface area contributed by atoms with E-state index in [9.17, 15) is 4.79 Å². The van der Waals surface area contributed by atoms with Crippen LogP contribution in [0.1, 0.15) is 11.1 Å². The molecule has 6 nitrogen and oxygen atoms in total. The lowest BCUT2D eigenvalue weighted by Crippen LogP contribution is -2.19. The molecule has 0 saturated heterocycles. The minimum absolute atomic E-state index is 0.125. The predicted octanol–water partition coefficient (Wildman–Crippen LogP) is 2.52. The number of hydrogen-bond donors (Lipinski definition) is 1. The van der Waals surface area contributed by atoms with Crippen molar-refractivity contribution in [3.63, 3.8) is 0 Å². The standard InChI is InChI=1S/C18H18N4O2/c1-24-17-8-7-16(20-18(23)13-22-10-9-19-21-22)12-15(17)11-14-5-3-2-4-6-14/h2-10,12H,11,13H2,1H3,(H,20,23). The van der Waals surface area contributed by atoms with E-state index in [1.807, 2.05) is 36.4 Å². The van der Waals surface area contributed by atoms with Gasteiger partial charge in [0.05, 0.1) is 13.3 Å². The predicted molar refractivity (Wildman–Crippen MR) is 90.9 cm³/mol. The van der Waals surface area contributed by atoms with Crippen molar-refractivity contribution in [3.8, 4) is 5.75 Å². The SMILES string of the molecule is COc1ccc(NC(=O)Cn2ccnn2)cc1Cc1ccccc1. The Bertz CT molecular complexity index is 801. The summed E-state index contributed by atoms with van der Waals surface area (Å²) in [7, 11) is 1.65. The third kappa shape index (κ3) is 3.98. The van der Waals surface area contributed by atoms with E-state index in [1.54, 1.807) is 19.5 Å². The summed E-state index contributed by atoms with van der Waals surface area (Å²) in [6, 6.07) is 15.8. The first kappa shape index (κ1) is 15.7. The third-order valence-corrected chi connectivity index (χ3v) is 3.58. The largest absolute Gasteiger partial charge is 0.496 e. The normalized spacial score (nSPS) is 10.4. The van der Waals surface area contributed by atoms with Gasteiger partial charge in [-0.05, 0) is 23.8 Å². The molecule has 24 heavy (non-hydrogen) atoms. The first-order valence-electron chi connectivity index (χ1n) is 7.59. The third-order valence-electron chi connectivity index (χ3n) is 3.58. The Balaban J connectivity index is 1.74. The van der Waals surface area contributed by atoms with Gasteiger partial charge in [0.15, 0.2) is 0 Å². The van der Waals surface area contributed by atoms with E-state index in [1.165, 1.54) is 10.2 Å². The van der Waals surface area contributed by atoms with E-state index in [0.717, 1.165) is 23.4 Å². The smallest absolute Gasteiger partial charge is 0.246 e. The van der Waals surface area contributed by atoms with Crippen molar-refractivity contribution in [2.24, 2.45) is 0 Å². The summed E-state index contributed by atoms with van der Waals surface area (Å²) in [6.07, 6.45) is 3.92. The number of ether oxygens (including phenoxy) is 1. The second-order valence-corrected chi connectivity index (χ2v) is 5.34. The second-order valence-electron chi connectivity index (χ2n) is 5.34. The van der Waals surface area contributed by atoms with Gasteiger partial charge in [-0.2, -0.15) is 0 Å². The van der Waals surface area contributed by atoms with E-state index in [4.69, 9.17) is 4.74 Å². The lowest BCUT2D eigenvalue weighted by atomic mass is 10.0. The van der Waals surface area contributed by atoms with Crippen LogP contribution in [0.5, 0.6) is 5.75 Å². The van der Waals surface area contributed by atoms with Crippen molar-refractivity contribution in [1.29, 1.82) is 0 Å². The van der Waals surface area contributed by atoms with E-state index in [2.05, 4.69) is 27.8 Å². The summed E-state index contributed by atoms with van der Waals surface area (Å²) in [5.74, 6) is 0.643. The number of nitrogens with zero attached hydrogens (tertiary/aromatic N) is 3. The maximum Gasteiger partial charge on any atom is 0.246 e. The Hall–Kier alpha value is -3.15. The summed E-state index contributed by atoms with van der Waals surface area (Å²) < 4.78 is 6.90. The lowest BCUT2D eigenvalue weighted by molar-refractivity contribution is -0.116. The summed E-state index contributed by atoms with van der Waals surface area (Å²) in [4.78, 5) is 12.1. The van der Waals surface area contributed by atoms with E-state index >= 15 is 0 Å². The first-order valence-corrected chi connectivity index (χ1v) is 7.59. The van der Waals surface area contributed by atoms with Gasteiger partial charge in [0.2, 0.25) is 5.91 Å². The first-order chi connectivity index (χ1) is 11.7. The Labute approximate surface area is 140 Å². The maximum absolute atomic E-state index is 12.1. The van der Waals surface area contributed by atoms with Crippen LogP contribution in [0.3, 0.4) is 0 Å². The monoisotopic (exact) mass is 322 g/mol. The average Bonchev–Trinajstić information content (AvgIpc) is 3.09. The quantitative estimate of drug-likeness (QED) is 0.757. The number of carbonyl (C=O) groups excluding carboxylic acids is 1. The number of anilines is 1. The number of nitrogens with one attached hydrogen (secondary N) is 1.